The topological polar surface area (TPSA) is 63.0 Å². The van der Waals surface area contributed by atoms with Crippen LogP contribution in [-0.4, -0.2) is 23.3 Å². The van der Waals surface area contributed by atoms with Crippen LogP contribution in [0.1, 0.15) is 55.5 Å². The molecule has 140 valence electrons. The molecule has 0 atom stereocenters. The Morgan fingerprint density at radius 2 is 2.04 bits per heavy atom. The summed E-state index contributed by atoms with van der Waals surface area (Å²) < 4.78 is 5.01. The minimum absolute atomic E-state index is 0.167. The summed E-state index contributed by atoms with van der Waals surface area (Å²) in [4.78, 5) is 16.5. The quantitative estimate of drug-likeness (QED) is 0.527. The zero-order valence-corrected chi connectivity index (χ0v) is 16.9. The third-order valence-electron chi connectivity index (χ3n) is 4.80. The van der Waals surface area contributed by atoms with E-state index < -0.39 is 0 Å². The number of thioether (sulfide) groups is 1. The van der Waals surface area contributed by atoms with Gasteiger partial charge in [-0.3, -0.25) is 4.79 Å². The van der Waals surface area contributed by atoms with Gasteiger partial charge in [-0.2, -0.15) is 5.26 Å². The Labute approximate surface area is 165 Å². The molecule has 1 aliphatic carbocycles. The lowest BCUT2D eigenvalue weighted by molar-refractivity contribution is -0.139. The lowest BCUT2D eigenvalue weighted by atomic mass is 9.93. The van der Waals surface area contributed by atoms with Gasteiger partial charge in [0.25, 0.3) is 0 Å². The van der Waals surface area contributed by atoms with Crippen LogP contribution < -0.4 is 0 Å². The second-order valence-electron chi connectivity index (χ2n) is 6.93. The molecule has 0 amide bonds. The van der Waals surface area contributed by atoms with Gasteiger partial charge in [0.05, 0.1) is 17.9 Å². The van der Waals surface area contributed by atoms with E-state index in [1.165, 1.54) is 22.9 Å². The molecule has 0 fully saturated rings. The molecule has 27 heavy (non-hydrogen) atoms. The maximum Gasteiger partial charge on any atom is 0.316 e. The number of carbonyl (C=O) groups is 1. The second kappa shape index (κ2) is 8.58. The number of rotatable bonds is 6. The predicted molar refractivity (Wildman–Crippen MR) is 108 cm³/mol. The third kappa shape index (κ3) is 4.17. The summed E-state index contributed by atoms with van der Waals surface area (Å²) in [6.07, 6.45) is 2.92. The Morgan fingerprint density at radius 3 is 2.67 bits per heavy atom. The smallest absolute Gasteiger partial charge is 0.316 e. The fourth-order valence-electron chi connectivity index (χ4n) is 3.45. The van der Waals surface area contributed by atoms with Crippen molar-refractivity contribution >= 4 is 17.7 Å². The number of ether oxygens (including phenoxy) is 1. The van der Waals surface area contributed by atoms with E-state index in [4.69, 9.17) is 9.72 Å². The van der Waals surface area contributed by atoms with Crippen LogP contribution in [0.5, 0.6) is 0 Å². The van der Waals surface area contributed by atoms with Crippen molar-refractivity contribution < 1.29 is 9.53 Å². The maximum atomic E-state index is 11.8. The molecule has 0 spiro atoms. The lowest BCUT2D eigenvalue weighted by Gasteiger charge is -2.15. The zero-order valence-electron chi connectivity index (χ0n) is 16.0. The van der Waals surface area contributed by atoms with Gasteiger partial charge < -0.3 is 4.74 Å². The van der Waals surface area contributed by atoms with Crippen LogP contribution in [0, 0.1) is 11.3 Å². The van der Waals surface area contributed by atoms with E-state index in [0.717, 1.165) is 36.1 Å². The molecule has 0 unspecified atom stereocenters. The molecule has 0 radical (unpaired) electrons. The van der Waals surface area contributed by atoms with E-state index in [9.17, 15) is 10.1 Å². The van der Waals surface area contributed by atoms with Gasteiger partial charge in [-0.15, -0.1) is 0 Å². The minimum Gasteiger partial charge on any atom is -0.465 e. The second-order valence-corrected chi connectivity index (χ2v) is 7.89. The number of aromatic nitrogens is 1. The predicted octanol–water partition coefficient (Wildman–Crippen LogP) is 4.89. The highest BCUT2D eigenvalue weighted by Gasteiger charge is 2.24. The number of hydrogen-bond donors (Lipinski definition) is 0. The van der Waals surface area contributed by atoms with Crippen molar-refractivity contribution in [2.45, 2.75) is 51.0 Å². The fraction of sp³-hybridized carbons (Fsp3) is 0.409. The summed E-state index contributed by atoms with van der Waals surface area (Å²) in [6.45, 7) is 6.49. The molecule has 1 aromatic heterocycles. The number of aryl methyl sites for hydroxylation is 1. The average Bonchev–Trinajstić information content (AvgIpc) is 3.13. The number of nitrogens with zero attached hydrogens (tertiary/aromatic N) is 2. The Bertz CT molecular complexity index is 883. The molecule has 5 heteroatoms. The molecule has 0 saturated heterocycles. The molecule has 0 bridgehead atoms. The van der Waals surface area contributed by atoms with Crippen molar-refractivity contribution in [1.29, 1.82) is 5.26 Å². The SMILES string of the molecule is CCOC(=O)CSc1nc2c(c(-c3ccc(C(C)C)cc3)c1C#N)CCC2. The molecule has 1 aromatic carbocycles. The van der Waals surface area contributed by atoms with Crippen molar-refractivity contribution in [1.82, 2.24) is 4.98 Å². The van der Waals surface area contributed by atoms with Crippen LogP contribution in [0.3, 0.4) is 0 Å². The molecular formula is C22H24N2O2S. The number of nitriles is 1. The van der Waals surface area contributed by atoms with Crippen LogP contribution in [0.2, 0.25) is 0 Å². The highest BCUT2D eigenvalue weighted by molar-refractivity contribution is 7.99. The summed E-state index contributed by atoms with van der Waals surface area (Å²) in [7, 11) is 0. The van der Waals surface area contributed by atoms with Crippen molar-refractivity contribution in [2.75, 3.05) is 12.4 Å². The number of pyridine rings is 1. The Kier molecular flexibility index (Phi) is 6.18. The monoisotopic (exact) mass is 380 g/mol. The summed E-state index contributed by atoms with van der Waals surface area (Å²) in [5.41, 5.74) is 6.13. The highest BCUT2D eigenvalue weighted by atomic mass is 32.2. The normalized spacial score (nSPS) is 12.7. The van der Waals surface area contributed by atoms with E-state index in [1.54, 1.807) is 6.92 Å². The van der Waals surface area contributed by atoms with Gasteiger partial charge in [0.15, 0.2) is 0 Å². The highest BCUT2D eigenvalue weighted by Crippen LogP contribution is 2.38. The van der Waals surface area contributed by atoms with E-state index in [0.29, 0.717) is 23.1 Å². The fourth-order valence-corrected chi connectivity index (χ4v) is 4.25. The lowest BCUT2D eigenvalue weighted by Crippen LogP contribution is -2.08. The Hall–Kier alpha value is -2.32. The molecule has 0 aliphatic heterocycles. The van der Waals surface area contributed by atoms with Crippen molar-refractivity contribution in [3.05, 3.63) is 46.6 Å². The largest absolute Gasteiger partial charge is 0.465 e. The van der Waals surface area contributed by atoms with E-state index >= 15 is 0 Å². The van der Waals surface area contributed by atoms with Crippen molar-refractivity contribution in [3.63, 3.8) is 0 Å². The Morgan fingerprint density at radius 1 is 1.30 bits per heavy atom. The first kappa shape index (κ1) is 19.4. The van der Waals surface area contributed by atoms with Gasteiger partial charge in [-0.1, -0.05) is 49.9 Å². The van der Waals surface area contributed by atoms with Gasteiger partial charge >= 0.3 is 5.97 Å². The van der Waals surface area contributed by atoms with Crippen LogP contribution in [0.4, 0.5) is 0 Å². The maximum absolute atomic E-state index is 11.8. The van der Waals surface area contributed by atoms with Gasteiger partial charge in [0.1, 0.15) is 11.1 Å². The van der Waals surface area contributed by atoms with Gasteiger partial charge in [-0.25, -0.2) is 4.98 Å². The van der Waals surface area contributed by atoms with Crippen LogP contribution in [0.15, 0.2) is 29.3 Å². The van der Waals surface area contributed by atoms with Crippen LogP contribution in [-0.2, 0) is 22.4 Å². The molecule has 4 nitrogen and oxygen atoms in total. The van der Waals surface area contributed by atoms with Gasteiger partial charge in [-0.05, 0) is 48.8 Å². The first-order chi connectivity index (χ1) is 13.0. The first-order valence-electron chi connectivity index (χ1n) is 9.39. The molecule has 2 aromatic rings. The zero-order chi connectivity index (χ0) is 19.4. The van der Waals surface area contributed by atoms with Crippen molar-refractivity contribution in [2.24, 2.45) is 0 Å². The summed E-state index contributed by atoms with van der Waals surface area (Å²) >= 11 is 1.29. The van der Waals surface area contributed by atoms with Crippen molar-refractivity contribution in [3.8, 4) is 17.2 Å². The number of esters is 1. The molecule has 1 heterocycles. The molecule has 0 saturated carbocycles. The number of carbonyl (C=O) groups excluding carboxylic acids is 1. The van der Waals surface area contributed by atoms with Crippen LogP contribution >= 0.6 is 11.8 Å². The standard InChI is InChI=1S/C22H24N2O2S/c1-4-26-20(25)13-27-22-18(12-23)21(17-6-5-7-19(17)24-22)16-10-8-15(9-11-16)14(2)3/h8-11,14H,4-7,13H2,1-3H3. The van der Waals surface area contributed by atoms with Gasteiger partial charge in [0, 0.05) is 11.3 Å². The Balaban J connectivity index is 2.04. The molecule has 0 N–H and O–H groups in total. The number of hydrogen-bond acceptors (Lipinski definition) is 5. The first-order valence-corrected chi connectivity index (χ1v) is 10.4. The number of fused-ring (bicyclic) bond motifs is 1. The molecule has 3 rings (SSSR count). The van der Waals surface area contributed by atoms with Crippen LogP contribution in [0.25, 0.3) is 11.1 Å². The average molecular weight is 381 g/mol. The summed E-state index contributed by atoms with van der Waals surface area (Å²) in [5, 5.41) is 10.5. The van der Waals surface area contributed by atoms with E-state index in [2.05, 4.69) is 44.2 Å². The van der Waals surface area contributed by atoms with E-state index in [-0.39, 0.29) is 11.7 Å². The minimum atomic E-state index is -0.281. The third-order valence-corrected chi connectivity index (χ3v) is 5.75. The van der Waals surface area contributed by atoms with Gasteiger partial charge in [0.2, 0.25) is 0 Å². The summed E-state index contributed by atoms with van der Waals surface area (Å²) in [6, 6.07) is 10.8. The number of benzene rings is 1. The molecule has 1 aliphatic rings. The van der Waals surface area contributed by atoms with E-state index in [1.807, 2.05) is 0 Å². The summed E-state index contributed by atoms with van der Waals surface area (Å²) in [5.74, 6) is 0.352. The molecular weight excluding hydrogens is 356 g/mol.